The number of hydrogen-bond acceptors (Lipinski definition) is 4. The van der Waals surface area contributed by atoms with Gasteiger partial charge < -0.3 is 14.5 Å². The molecule has 0 fully saturated rings. The molecule has 106 valence electrons. The number of aromatic nitrogens is 1. The molecule has 1 aromatic heterocycles. The third kappa shape index (κ3) is 2.85. The average molecular weight is 339 g/mol. The number of nitrogens with zero attached hydrogens (tertiary/aromatic N) is 2. The van der Waals surface area contributed by atoms with Crippen molar-refractivity contribution in [2.45, 2.75) is 20.4 Å². The molecule has 1 N–H and O–H groups in total. The van der Waals surface area contributed by atoms with Crippen LogP contribution in [0.15, 0.2) is 27.2 Å². The van der Waals surface area contributed by atoms with E-state index in [4.69, 9.17) is 4.52 Å². The number of amides is 1. The van der Waals surface area contributed by atoms with Gasteiger partial charge in [0, 0.05) is 17.1 Å². The van der Waals surface area contributed by atoms with Crippen LogP contribution in [-0.4, -0.2) is 28.1 Å². The molecule has 0 atom stereocenters. The fourth-order valence-electron chi connectivity index (χ4n) is 1.93. The summed E-state index contributed by atoms with van der Waals surface area (Å²) in [5.41, 5.74) is 1.92. The van der Waals surface area contributed by atoms with Gasteiger partial charge in [-0.1, -0.05) is 21.1 Å². The number of phenolic OH excluding ortho intramolecular Hbond substituents is 1. The summed E-state index contributed by atoms with van der Waals surface area (Å²) in [6.45, 7) is 4.03. The summed E-state index contributed by atoms with van der Waals surface area (Å²) in [5.74, 6) is 0.396. The number of benzene rings is 1. The van der Waals surface area contributed by atoms with Gasteiger partial charge in [0.25, 0.3) is 5.91 Å². The molecule has 0 aliphatic rings. The molecule has 1 amide bonds. The van der Waals surface area contributed by atoms with Gasteiger partial charge in [0.05, 0.1) is 17.8 Å². The number of rotatable bonds is 3. The highest BCUT2D eigenvalue weighted by Crippen LogP contribution is 2.24. The van der Waals surface area contributed by atoms with Crippen molar-refractivity contribution in [2.24, 2.45) is 0 Å². The van der Waals surface area contributed by atoms with Crippen LogP contribution in [0.4, 0.5) is 0 Å². The second kappa shape index (κ2) is 5.66. The first-order chi connectivity index (χ1) is 9.40. The first kappa shape index (κ1) is 14.6. The predicted octanol–water partition coefficient (Wildman–Crippen LogP) is 3.03. The molecule has 0 saturated carbocycles. The highest BCUT2D eigenvalue weighted by Gasteiger charge is 2.19. The van der Waals surface area contributed by atoms with E-state index in [2.05, 4.69) is 21.1 Å². The molecule has 0 unspecified atom stereocenters. The Morgan fingerprint density at radius 3 is 2.70 bits per heavy atom. The van der Waals surface area contributed by atoms with Crippen LogP contribution in [0.5, 0.6) is 5.75 Å². The summed E-state index contributed by atoms with van der Waals surface area (Å²) in [4.78, 5) is 13.8. The smallest absolute Gasteiger partial charge is 0.257 e. The Morgan fingerprint density at radius 1 is 1.45 bits per heavy atom. The van der Waals surface area contributed by atoms with E-state index >= 15 is 0 Å². The van der Waals surface area contributed by atoms with Crippen LogP contribution < -0.4 is 0 Å². The number of halogens is 1. The van der Waals surface area contributed by atoms with Crippen LogP contribution in [0.1, 0.15) is 27.4 Å². The van der Waals surface area contributed by atoms with Crippen LogP contribution in [-0.2, 0) is 6.54 Å². The molecule has 0 spiro atoms. The predicted molar refractivity (Wildman–Crippen MR) is 77.6 cm³/mol. The lowest BCUT2D eigenvalue weighted by molar-refractivity contribution is 0.0781. The van der Waals surface area contributed by atoms with Gasteiger partial charge in [0.1, 0.15) is 11.5 Å². The molecule has 0 saturated heterocycles. The minimum absolute atomic E-state index is 0.0463. The Bertz CT molecular complexity index is 632. The quantitative estimate of drug-likeness (QED) is 0.933. The van der Waals surface area contributed by atoms with Crippen molar-refractivity contribution in [2.75, 3.05) is 7.05 Å². The van der Waals surface area contributed by atoms with Gasteiger partial charge in [-0.05, 0) is 32.0 Å². The van der Waals surface area contributed by atoms with Gasteiger partial charge in [-0.15, -0.1) is 0 Å². The van der Waals surface area contributed by atoms with E-state index in [1.807, 2.05) is 13.8 Å². The zero-order chi connectivity index (χ0) is 14.9. The fourth-order valence-corrected chi connectivity index (χ4v) is 2.28. The lowest BCUT2D eigenvalue weighted by atomic mass is 10.1. The van der Waals surface area contributed by atoms with Crippen molar-refractivity contribution in [3.8, 4) is 5.75 Å². The maximum absolute atomic E-state index is 12.3. The molecule has 0 aliphatic carbocycles. The average Bonchev–Trinajstić information content (AvgIpc) is 2.70. The lowest BCUT2D eigenvalue weighted by Crippen LogP contribution is -2.26. The van der Waals surface area contributed by atoms with Gasteiger partial charge >= 0.3 is 0 Å². The van der Waals surface area contributed by atoms with E-state index < -0.39 is 0 Å². The molecular formula is C14H15BrN2O3. The zero-order valence-electron chi connectivity index (χ0n) is 11.5. The number of aryl methyl sites for hydroxylation is 2. The first-order valence-electron chi connectivity index (χ1n) is 6.06. The van der Waals surface area contributed by atoms with Crippen LogP contribution in [0.2, 0.25) is 0 Å². The van der Waals surface area contributed by atoms with Crippen molar-refractivity contribution in [3.63, 3.8) is 0 Å². The number of hydrogen-bond donors (Lipinski definition) is 1. The Hall–Kier alpha value is -1.82. The van der Waals surface area contributed by atoms with Gasteiger partial charge in [-0.3, -0.25) is 4.79 Å². The fraction of sp³-hybridized carbons (Fsp3) is 0.286. The third-order valence-electron chi connectivity index (χ3n) is 3.11. The molecular weight excluding hydrogens is 324 g/mol. The Kier molecular flexibility index (Phi) is 4.13. The van der Waals surface area contributed by atoms with Crippen LogP contribution in [0, 0.1) is 13.8 Å². The molecule has 0 bridgehead atoms. The summed E-state index contributed by atoms with van der Waals surface area (Å²) in [7, 11) is 1.68. The van der Waals surface area contributed by atoms with Crippen LogP contribution in [0.3, 0.4) is 0 Å². The van der Waals surface area contributed by atoms with Gasteiger partial charge in [0.15, 0.2) is 0 Å². The summed E-state index contributed by atoms with van der Waals surface area (Å²) in [6.07, 6.45) is 0. The second-order valence-electron chi connectivity index (χ2n) is 4.63. The largest absolute Gasteiger partial charge is 0.507 e. The number of aromatic hydroxyl groups is 1. The topological polar surface area (TPSA) is 66.6 Å². The number of carbonyl (C=O) groups is 1. The van der Waals surface area contributed by atoms with Gasteiger partial charge in [-0.2, -0.15) is 0 Å². The SMILES string of the molecule is Cc1noc(C)c1CN(C)C(=O)c1ccc(Br)cc1O. The van der Waals surface area contributed by atoms with Crippen molar-refractivity contribution in [1.82, 2.24) is 10.1 Å². The summed E-state index contributed by atoms with van der Waals surface area (Å²) >= 11 is 3.24. The van der Waals surface area contributed by atoms with E-state index in [-0.39, 0.29) is 17.2 Å². The number of phenols is 1. The molecule has 1 aromatic carbocycles. The summed E-state index contributed by atoms with van der Waals surface area (Å²) in [5, 5.41) is 13.7. The zero-order valence-corrected chi connectivity index (χ0v) is 13.1. The molecule has 6 heteroatoms. The van der Waals surface area contributed by atoms with E-state index in [9.17, 15) is 9.90 Å². The van der Waals surface area contributed by atoms with Crippen LogP contribution in [0.25, 0.3) is 0 Å². The van der Waals surface area contributed by atoms with E-state index in [0.29, 0.717) is 12.3 Å². The summed E-state index contributed by atoms with van der Waals surface area (Å²) < 4.78 is 5.80. The molecule has 2 rings (SSSR count). The van der Waals surface area contributed by atoms with Crippen LogP contribution >= 0.6 is 15.9 Å². The molecule has 0 aliphatic heterocycles. The second-order valence-corrected chi connectivity index (χ2v) is 5.54. The summed E-state index contributed by atoms with van der Waals surface area (Å²) in [6, 6.07) is 4.80. The standard InChI is InChI=1S/C14H15BrN2O3/c1-8-12(9(2)20-16-8)7-17(3)14(19)11-5-4-10(15)6-13(11)18/h4-6,18H,7H2,1-3H3. The maximum atomic E-state index is 12.3. The Balaban J connectivity index is 2.21. The normalized spacial score (nSPS) is 10.6. The maximum Gasteiger partial charge on any atom is 0.257 e. The first-order valence-corrected chi connectivity index (χ1v) is 6.85. The monoisotopic (exact) mass is 338 g/mol. The molecule has 1 heterocycles. The Labute approximate surface area is 125 Å². The highest BCUT2D eigenvalue weighted by atomic mass is 79.9. The third-order valence-corrected chi connectivity index (χ3v) is 3.61. The van der Waals surface area contributed by atoms with Crippen molar-refractivity contribution < 1.29 is 14.4 Å². The van der Waals surface area contributed by atoms with E-state index in [1.54, 1.807) is 19.2 Å². The minimum Gasteiger partial charge on any atom is -0.507 e. The lowest BCUT2D eigenvalue weighted by Gasteiger charge is -2.17. The number of carbonyl (C=O) groups excluding carboxylic acids is 1. The van der Waals surface area contributed by atoms with Gasteiger partial charge in [-0.25, -0.2) is 0 Å². The highest BCUT2D eigenvalue weighted by molar-refractivity contribution is 9.10. The van der Waals surface area contributed by atoms with Crippen molar-refractivity contribution in [3.05, 3.63) is 45.3 Å². The molecule has 5 nitrogen and oxygen atoms in total. The van der Waals surface area contributed by atoms with E-state index in [0.717, 1.165) is 15.7 Å². The molecule has 2 aromatic rings. The Morgan fingerprint density at radius 2 is 2.15 bits per heavy atom. The van der Waals surface area contributed by atoms with Gasteiger partial charge in [0.2, 0.25) is 0 Å². The molecule has 20 heavy (non-hydrogen) atoms. The van der Waals surface area contributed by atoms with E-state index in [1.165, 1.54) is 11.0 Å². The minimum atomic E-state index is -0.255. The van der Waals surface area contributed by atoms with Crippen molar-refractivity contribution >= 4 is 21.8 Å². The molecule has 0 radical (unpaired) electrons. The van der Waals surface area contributed by atoms with Crippen molar-refractivity contribution in [1.29, 1.82) is 0 Å².